The van der Waals surface area contributed by atoms with Gasteiger partial charge in [0.25, 0.3) is 0 Å². The highest BCUT2D eigenvalue weighted by molar-refractivity contribution is 6.17. The van der Waals surface area contributed by atoms with Crippen LogP contribution in [0.5, 0.6) is 0 Å². The lowest BCUT2D eigenvalue weighted by molar-refractivity contribution is 0.769. The van der Waals surface area contributed by atoms with Crippen LogP contribution in [0.3, 0.4) is 0 Å². The molecule has 1 heterocycles. The van der Waals surface area contributed by atoms with Gasteiger partial charge in [-0.05, 0) is 108 Å². The van der Waals surface area contributed by atoms with Gasteiger partial charge in [0.05, 0.1) is 16.4 Å². The first-order valence-electron chi connectivity index (χ1n) is 21.4. The summed E-state index contributed by atoms with van der Waals surface area (Å²) in [6.07, 6.45) is 0. The van der Waals surface area contributed by atoms with Crippen LogP contribution in [-0.2, 0) is 5.41 Å². The molecule has 0 amide bonds. The largest absolute Gasteiger partial charge is 0.309 e. The van der Waals surface area contributed by atoms with E-state index in [9.17, 15) is 0 Å². The summed E-state index contributed by atoms with van der Waals surface area (Å²) in [5.74, 6) is 0.182. The number of para-hydroxylation sites is 1. The summed E-state index contributed by atoms with van der Waals surface area (Å²) in [5, 5.41) is 5.11. The summed E-state index contributed by atoms with van der Waals surface area (Å²) in [4.78, 5) is 0. The summed E-state index contributed by atoms with van der Waals surface area (Å²) in [6.45, 7) is 0. The van der Waals surface area contributed by atoms with Crippen molar-refractivity contribution in [1.82, 2.24) is 4.57 Å². The van der Waals surface area contributed by atoms with E-state index in [0.29, 0.717) is 0 Å². The van der Waals surface area contributed by atoms with Crippen molar-refractivity contribution in [2.45, 2.75) is 11.3 Å². The predicted molar refractivity (Wildman–Crippen MR) is 254 cm³/mol. The van der Waals surface area contributed by atoms with Gasteiger partial charge in [-0.3, -0.25) is 0 Å². The summed E-state index contributed by atoms with van der Waals surface area (Å²) in [7, 11) is 0. The van der Waals surface area contributed by atoms with Gasteiger partial charge in [0.1, 0.15) is 0 Å². The Kier molecular flexibility index (Phi) is 7.35. The van der Waals surface area contributed by atoms with Crippen LogP contribution < -0.4 is 0 Å². The van der Waals surface area contributed by atoms with E-state index in [1.165, 1.54) is 105 Å². The summed E-state index contributed by atoms with van der Waals surface area (Å²) in [6, 6.07) is 86.0. The first kappa shape index (κ1) is 34.2. The Morgan fingerprint density at radius 1 is 0.361 bits per heavy atom. The van der Waals surface area contributed by atoms with E-state index in [1.54, 1.807) is 0 Å². The van der Waals surface area contributed by atoms with Gasteiger partial charge in [-0.2, -0.15) is 0 Å². The summed E-state index contributed by atoms with van der Waals surface area (Å²) in [5.41, 5.74) is 20.1. The van der Waals surface area contributed by atoms with Crippen molar-refractivity contribution in [1.29, 1.82) is 0 Å². The SMILES string of the molecule is c1ccc(-n2c3ccc(-c4ccc5c(c4)-c4ccccc4C5c4cccc5ccccc45)cc3c3ccc4c(c32)-c2ccccc2C4(c2ccccc2)c2ccccc2)cc1. The normalized spacial score (nSPS) is 14.5. The number of fused-ring (bicyclic) bond motifs is 11. The average molecular weight is 774 g/mol. The van der Waals surface area contributed by atoms with Crippen molar-refractivity contribution in [2.24, 2.45) is 0 Å². The number of hydrogen-bond donors (Lipinski definition) is 0. The molecule has 0 fully saturated rings. The van der Waals surface area contributed by atoms with Crippen molar-refractivity contribution < 1.29 is 0 Å². The van der Waals surface area contributed by atoms with Gasteiger partial charge in [-0.15, -0.1) is 0 Å². The van der Waals surface area contributed by atoms with E-state index < -0.39 is 5.41 Å². The van der Waals surface area contributed by atoms with E-state index in [-0.39, 0.29) is 5.92 Å². The maximum absolute atomic E-state index is 2.52. The lowest BCUT2D eigenvalue weighted by Gasteiger charge is -2.33. The Hall–Kier alpha value is -7.74. The van der Waals surface area contributed by atoms with E-state index in [4.69, 9.17) is 0 Å². The molecule has 2 aliphatic rings. The Balaban J connectivity index is 1.05. The van der Waals surface area contributed by atoms with Crippen LogP contribution in [0, 0.1) is 0 Å². The molecular weight excluding hydrogens is 735 g/mol. The number of benzene rings is 10. The first-order valence-corrected chi connectivity index (χ1v) is 21.4. The standard InChI is InChI=1S/C60H39N/c1-4-19-42(20-5-1)60(43-21-6-2-7-22-43)54-30-15-14-28-51(54)58-55(60)35-34-50-53-38-41(32-36-56(53)61(59(50)58)44-23-8-3-9-24-44)40-31-33-49-52(37-40)46-26-12-13-27-48(46)57(49)47-29-16-18-39-17-10-11-25-45(39)47/h1-38,57H. The summed E-state index contributed by atoms with van der Waals surface area (Å²) >= 11 is 0. The maximum Gasteiger partial charge on any atom is 0.0714 e. The molecule has 2 aliphatic carbocycles. The third kappa shape index (κ3) is 4.78. The maximum atomic E-state index is 2.52. The van der Waals surface area contributed by atoms with Crippen molar-refractivity contribution in [3.8, 4) is 39.1 Å². The minimum absolute atomic E-state index is 0.182. The van der Waals surface area contributed by atoms with Gasteiger partial charge in [-0.1, -0.05) is 200 Å². The van der Waals surface area contributed by atoms with Crippen LogP contribution in [0.4, 0.5) is 0 Å². The van der Waals surface area contributed by atoms with E-state index in [1.807, 2.05) is 0 Å². The molecule has 11 aromatic rings. The highest BCUT2D eigenvalue weighted by atomic mass is 15.0. The second kappa shape index (κ2) is 13.1. The number of hydrogen-bond acceptors (Lipinski definition) is 0. The van der Waals surface area contributed by atoms with Gasteiger partial charge in [-0.25, -0.2) is 0 Å². The zero-order valence-corrected chi connectivity index (χ0v) is 33.5. The molecular formula is C60H39N. The molecule has 0 bridgehead atoms. The molecule has 1 nitrogen and oxygen atoms in total. The van der Waals surface area contributed by atoms with Crippen LogP contribution >= 0.6 is 0 Å². The smallest absolute Gasteiger partial charge is 0.0714 e. The molecule has 0 saturated carbocycles. The Morgan fingerprint density at radius 2 is 0.967 bits per heavy atom. The van der Waals surface area contributed by atoms with Gasteiger partial charge < -0.3 is 4.57 Å². The zero-order chi connectivity index (χ0) is 40.1. The fraction of sp³-hybridized carbons (Fsp3) is 0.0333. The van der Waals surface area contributed by atoms with Crippen LogP contribution in [0.1, 0.15) is 44.9 Å². The molecule has 1 unspecified atom stereocenters. The minimum Gasteiger partial charge on any atom is -0.309 e. The first-order chi connectivity index (χ1) is 30.3. The quantitative estimate of drug-likeness (QED) is 0.164. The number of nitrogens with zero attached hydrogens (tertiary/aromatic N) is 1. The molecule has 61 heavy (non-hydrogen) atoms. The molecule has 1 atom stereocenters. The second-order valence-corrected chi connectivity index (χ2v) is 16.7. The molecule has 0 N–H and O–H groups in total. The highest BCUT2D eigenvalue weighted by Gasteiger charge is 2.47. The van der Waals surface area contributed by atoms with Crippen LogP contribution in [-0.4, -0.2) is 4.57 Å². The van der Waals surface area contributed by atoms with E-state index in [2.05, 4.69) is 235 Å². The van der Waals surface area contributed by atoms with E-state index >= 15 is 0 Å². The molecule has 0 aliphatic heterocycles. The van der Waals surface area contributed by atoms with Crippen LogP contribution in [0.15, 0.2) is 231 Å². The molecule has 1 heteroatoms. The molecule has 0 saturated heterocycles. The average Bonchev–Trinajstić information content (AvgIpc) is 3.96. The molecule has 13 rings (SSSR count). The fourth-order valence-corrected chi connectivity index (χ4v) is 11.3. The van der Waals surface area contributed by atoms with Gasteiger partial charge in [0.2, 0.25) is 0 Å². The van der Waals surface area contributed by atoms with Crippen molar-refractivity contribution in [2.75, 3.05) is 0 Å². The number of aromatic nitrogens is 1. The van der Waals surface area contributed by atoms with Crippen molar-refractivity contribution in [3.05, 3.63) is 269 Å². The Labute approximate surface area is 355 Å². The molecule has 0 spiro atoms. The predicted octanol–water partition coefficient (Wildman–Crippen LogP) is 15.1. The van der Waals surface area contributed by atoms with Crippen LogP contribution in [0.25, 0.3) is 71.6 Å². The third-order valence-corrected chi connectivity index (χ3v) is 13.8. The monoisotopic (exact) mass is 773 g/mol. The van der Waals surface area contributed by atoms with Crippen molar-refractivity contribution in [3.63, 3.8) is 0 Å². The fourth-order valence-electron chi connectivity index (χ4n) is 11.3. The summed E-state index contributed by atoms with van der Waals surface area (Å²) < 4.78 is 2.52. The van der Waals surface area contributed by atoms with Crippen molar-refractivity contribution >= 4 is 32.6 Å². The number of rotatable bonds is 5. The lowest BCUT2D eigenvalue weighted by Crippen LogP contribution is -2.28. The molecule has 284 valence electrons. The van der Waals surface area contributed by atoms with E-state index in [0.717, 1.165) is 5.69 Å². The Morgan fingerprint density at radius 3 is 1.77 bits per heavy atom. The molecule has 0 radical (unpaired) electrons. The zero-order valence-electron chi connectivity index (χ0n) is 33.5. The molecule has 10 aromatic carbocycles. The lowest BCUT2D eigenvalue weighted by atomic mass is 9.67. The minimum atomic E-state index is -0.476. The topological polar surface area (TPSA) is 4.93 Å². The third-order valence-electron chi connectivity index (χ3n) is 13.8. The van der Waals surface area contributed by atoms with Gasteiger partial charge in [0, 0.05) is 27.9 Å². The molecule has 1 aromatic heterocycles. The highest BCUT2D eigenvalue weighted by Crippen LogP contribution is 2.59. The second-order valence-electron chi connectivity index (χ2n) is 16.7. The van der Waals surface area contributed by atoms with Gasteiger partial charge in [0.15, 0.2) is 0 Å². The Bertz CT molecular complexity index is 3480. The van der Waals surface area contributed by atoms with Crippen LogP contribution in [0.2, 0.25) is 0 Å². The van der Waals surface area contributed by atoms with Gasteiger partial charge >= 0.3 is 0 Å².